The molecule has 2 aromatic rings. The molecular weight excluding hydrogens is 294 g/mol. The molecule has 1 aliphatic rings. The second kappa shape index (κ2) is 6.98. The molecule has 1 fully saturated rings. The second-order valence-corrected chi connectivity index (χ2v) is 5.90. The van der Waals surface area contributed by atoms with E-state index < -0.39 is 5.97 Å². The van der Waals surface area contributed by atoms with Crippen LogP contribution < -0.4 is 0 Å². The van der Waals surface area contributed by atoms with Gasteiger partial charge in [0.15, 0.2) is 0 Å². The number of carboxylic acid groups (broad SMARTS) is 1. The van der Waals surface area contributed by atoms with Gasteiger partial charge in [0, 0.05) is 24.7 Å². The van der Waals surface area contributed by atoms with E-state index in [1.54, 1.807) is 0 Å². The van der Waals surface area contributed by atoms with Crippen LogP contribution in [0.4, 0.5) is 0 Å². The third-order valence-corrected chi connectivity index (χ3v) is 4.12. The highest BCUT2D eigenvalue weighted by Crippen LogP contribution is 2.23. The third kappa shape index (κ3) is 4.00. The number of hydrogen-bond acceptors (Lipinski definition) is 4. The number of hydrogen-bond donors (Lipinski definition) is 1. The molecule has 23 heavy (non-hydrogen) atoms. The molecule has 5 nitrogen and oxygen atoms in total. The molecule has 0 saturated carbocycles. The number of benzene rings is 1. The molecule has 1 aliphatic heterocycles. The van der Waals surface area contributed by atoms with E-state index in [1.165, 1.54) is 0 Å². The number of carboxylic acids is 1. The molecule has 0 spiro atoms. The van der Waals surface area contributed by atoms with Gasteiger partial charge in [-0.3, -0.25) is 9.69 Å². The zero-order chi connectivity index (χ0) is 16.2. The maximum Gasteiger partial charge on any atom is 0.305 e. The van der Waals surface area contributed by atoms with Gasteiger partial charge in [-0.05, 0) is 24.6 Å². The topological polar surface area (TPSA) is 62.9 Å². The quantitative estimate of drug-likeness (QED) is 0.919. The summed E-state index contributed by atoms with van der Waals surface area (Å²) < 4.78 is 11.0. The molecule has 0 bridgehead atoms. The first kappa shape index (κ1) is 15.8. The molecule has 1 saturated heterocycles. The molecule has 0 unspecified atom stereocenters. The van der Waals surface area contributed by atoms with Crippen LogP contribution in [0, 0.1) is 6.92 Å². The van der Waals surface area contributed by atoms with Crippen molar-refractivity contribution in [3.05, 3.63) is 47.7 Å². The van der Waals surface area contributed by atoms with Crippen molar-refractivity contribution in [1.82, 2.24) is 4.90 Å². The third-order valence-electron chi connectivity index (χ3n) is 4.12. The Hall–Kier alpha value is -2.11. The zero-order valence-corrected chi connectivity index (χ0v) is 13.2. The van der Waals surface area contributed by atoms with Crippen LogP contribution in [0.15, 0.2) is 40.8 Å². The van der Waals surface area contributed by atoms with Gasteiger partial charge in [-0.15, -0.1) is 0 Å². The van der Waals surface area contributed by atoms with Crippen molar-refractivity contribution in [3.63, 3.8) is 0 Å². The molecule has 2 heterocycles. The number of rotatable bonds is 5. The number of aliphatic carboxylic acids is 1. The van der Waals surface area contributed by atoms with Crippen molar-refractivity contribution in [2.45, 2.75) is 25.9 Å². The number of ether oxygens (including phenoxy) is 1. The van der Waals surface area contributed by atoms with Crippen LogP contribution in [0.2, 0.25) is 0 Å². The lowest BCUT2D eigenvalue weighted by molar-refractivity contribution is -0.140. The van der Waals surface area contributed by atoms with Gasteiger partial charge >= 0.3 is 5.97 Å². The van der Waals surface area contributed by atoms with Crippen molar-refractivity contribution in [3.8, 4) is 11.3 Å². The van der Waals surface area contributed by atoms with E-state index in [0.717, 1.165) is 35.7 Å². The molecule has 1 aromatic carbocycles. The summed E-state index contributed by atoms with van der Waals surface area (Å²) in [5.74, 6) is 0.979. The highest BCUT2D eigenvalue weighted by atomic mass is 16.5. The summed E-state index contributed by atoms with van der Waals surface area (Å²) in [5, 5.41) is 9.02. The van der Waals surface area contributed by atoms with Crippen LogP contribution in [0.3, 0.4) is 0 Å². The molecule has 5 heteroatoms. The molecule has 1 atom stereocenters. The van der Waals surface area contributed by atoms with E-state index in [4.69, 9.17) is 14.3 Å². The minimum Gasteiger partial charge on any atom is -0.481 e. The number of furan rings is 1. The highest BCUT2D eigenvalue weighted by molar-refractivity contribution is 5.67. The van der Waals surface area contributed by atoms with Gasteiger partial charge in [0.25, 0.3) is 0 Å². The normalized spacial score (nSPS) is 18.9. The zero-order valence-electron chi connectivity index (χ0n) is 13.2. The van der Waals surface area contributed by atoms with Crippen LogP contribution in [-0.2, 0) is 16.1 Å². The Morgan fingerprint density at radius 3 is 2.70 bits per heavy atom. The van der Waals surface area contributed by atoms with Crippen molar-refractivity contribution in [2.24, 2.45) is 0 Å². The molecular formula is C18H21NO4. The average molecular weight is 315 g/mol. The van der Waals surface area contributed by atoms with E-state index in [0.29, 0.717) is 13.2 Å². The Balaban J connectivity index is 1.68. The summed E-state index contributed by atoms with van der Waals surface area (Å²) in [6.07, 6.45) is 0.115. The van der Waals surface area contributed by atoms with Gasteiger partial charge in [-0.2, -0.15) is 0 Å². The van der Waals surface area contributed by atoms with Crippen LogP contribution in [0.1, 0.15) is 17.7 Å². The van der Waals surface area contributed by atoms with E-state index in [9.17, 15) is 4.79 Å². The maximum absolute atomic E-state index is 11.0. The van der Waals surface area contributed by atoms with E-state index in [1.807, 2.05) is 31.2 Å². The summed E-state index contributed by atoms with van der Waals surface area (Å²) in [6.45, 7) is 4.56. The minimum atomic E-state index is -0.783. The SMILES string of the molecule is Cc1ccc(-c2ccc(CN3CCOC[C@@H]3CC(=O)O)cc2)o1. The fourth-order valence-corrected chi connectivity index (χ4v) is 2.89. The van der Waals surface area contributed by atoms with Crippen LogP contribution in [0.5, 0.6) is 0 Å². The lowest BCUT2D eigenvalue weighted by Gasteiger charge is -2.34. The Morgan fingerprint density at radius 1 is 1.26 bits per heavy atom. The van der Waals surface area contributed by atoms with Crippen LogP contribution >= 0.6 is 0 Å². The Morgan fingerprint density at radius 2 is 2.04 bits per heavy atom. The Labute approximate surface area is 135 Å². The number of morpholine rings is 1. The molecule has 1 N–H and O–H groups in total. The number of nitrogens with zero attached hydrogens (tertiary/aromatic N) is 1. The number of aryl methyl sites for hydroxylation is 1. The van der Waals surface area contributed by atoms with Gasteiger partial charge < -0.3 is 14.3 Å². The lowest BCUT2D eigenvalue weighted by Crippen LogP contribution is -2.45. The fourth-order valence-electron chi connectivity index (χ4n) is 2.89. The summed E-state index contributed by atoms with van der Waals surface area (Å²) >= 11 is 0. The fraction of sp³-hybridized carbons (Fsp3) is 0.389. The first-order valence-electron chi connectivity index (χ1n) is 7.81. The number of carbonyl (C=O) groups is 1. The summed E-state index contributed by atoms with van der Waals surface area (Å²) in [7, 11) is 0. The highest BCUT2D eigenvalue weighted by Gasteiger charge is 2.25. The first-order valence-corrected chi connectivity index (χ1v) is 7.81. The molecule has 0 radical (unpaired) electrons. The van der Waals surface area contributed by atoms with Crippen molar-refractivity contribution >= 4 is 5.97 Å². The van der Waals surface area contributed by atoms with Crippen molar-refractivity contribution in [2.75, 3.05) is 19.8 Å². The standard InChI is InChI=1S/C18H21NO4/c1-13-2-7-17(23-13)15-5-3-14(4-6-15)11-19-8-9-22-12-16(19)10-18(20)21/h2-7,16H,8-12H2,1H3,(H,20,21)/t16-/m0/s1. The predicted molar refractivity (Wildman–Crippen MR) is 86.2 cm³/mol. The van der Waals surface area contributed by atoms with Gasteiger partial charge in [0.05, 0.1) is 19.6 Å². The first-order chi connectivity index (χ1) is 11.1. The summed E-state index contributed by atoms with van der Waals surface area (Å²) in [4.78, 5) is 13.2. The van der Waals surface area contributed by atoms with Crippen LogP contribution in [0.25, 0.3) is 11.3 Å². The van der Waals surface area contributed by atoms with Gasteiger partial charge in [0.2, 0.25) is 0 Å². The lowest BCUT2D eigenvalue weighted by atomic mass is 10.1. The van der Waals surface area contributed by atoms with Gasteiger partial charge in [-0.25, -0.2) is 0 Å². The molecule has 122 valence electrons. The van der Waals surface area contributed by atoms with E-state index >= 15 is 0 Å². The predicted octanol–water partition coefficient (Wildman–Crippen LogP) is 2.93. The van der Waals surface area contributed by atoms with Gasteiger partial charge in [-0.1, -0.05) is 24.3 Å². The van der Waals surface area contributed by atoms with Crippen molar-refractivity contribution in [1.29, 1.82) is 0 Å². The summed E-state index contributed by atoms with van der Waals surface area (Å²) in [6, 6.07) is 12.1. The maximum atomic E-state index is 11.0. The Bertz CT molecular complexity index is 662. The van der Waals surface area contributed by atoms with Gasteiger partial charge in [0.1, 0.15) is 11.5 Å². The molecule has 0 aliphatic carbocycles. The van der Waals surface area contributed by atoms with E-state index in [2.05, 4.69) is 17.0 Å². The van der Waals surface area contributed by atoms with Crippen molar-refractivity contribution < 1.29 is 19.1 Å². The molecule has 0 amide bonds. The minimum absolute atomic E-state index is 0.0614. The summed E-state index contributed by atoms with van der Waals surface area (Å²) in [5.41, 5.74) is 2.21. The average Bonchev–Trinajstić information content (AvgIpc) is 2.96. The molecule has 1 aromatic heterocycles. The molecule has 3 rings (SSSR count). The largest absolute Gasteiger partial charge is 0.481 e. The second-order valence-electron chi connectivity index (χ2n) is 5.90. The monoisotopic (exact) mass is 315 g/mol. The Kier molecular flexibility index (Phi) is 4.79. The van der Waals surface area contributed by atoms with Crippen LogP contribution in [-0.4, -0.2) is 41.8 Å². The smallest absolute Gasteiger partial charge is 0.305 e. The van der Waals surface area contributed by atoms with E-state index in [-0.39, 0.29) is 12.5 Å².